The van der Waals surface area contributed by atoms with Crippen LogP contribution in [0.1, 0.15) is 5.56 Å². The summed E-state index contributed by atoms with van der Waals surface area (Å²) < 4.78 is 14.6. The van der Waals surface area contributed by atoms with E-state index in [0.29, 0.717) is 5.56 Å². The van der Waals surface area contributed by atoms with Crippen LogP contribution < -0.4 is 9.47 Å². The Bertz CT molecular complexity index is 2490. The lowest BCUT2D eigenvalue weighted by Crippen LogP contribution is -2.04. The number of nitrogens with zero attached hydrogens (tertiary/aromatic N) is 4. The summed E-state index contributed by atoms with van der Waals surface area (Å²) in [5.74, 6) is 1.50. The van der Waals surface area contributed by atoms with Crippen molar-refractivity contribution in [3.63, 3.8) is 0 Å². The van der Waals surface area contributed by atoms with Gasteiger partial charge >= 0.3 is 0 Å². The fourth-order valence-electron chi connectivity index (χ4n) is 6.71. The summed E-state index contributed by atoms with van der Waals surface area (Å²) in [6.07, 6.45) is 7.36. The minimum Gasteiger partial charge on any atom is -0.457 e. The number of hydrogen-bond acceptors (Lipinski definition) is 5. The first kappa shape index (κ1) is 27.6. The predicted molar refractivity (Wildman–Crippen MR) is 189 cm³/mol. The van der Waals surface area contributed by atoms with Crippen molar-refractivity contribution in [2.24, 2.45) is 0 Å². The van der Waals surface area contributed by atoms with Crippen LogP contribution in [0.25, 0.3) is 72.0 Å². The Morgan fingerprint density at radius 2 is 1.25 bits per heavy atom. The maximum Gasteiger partial charge on any atom is 0.230 e. The van der Waals surface area contributed by atoms with Gasteiger partial charge in [-0.25, -0.2) is 0 Å². The molecule has 6 heteroatoms. The van der Waals surface area contributed by atoms with Gasteiger partial charge in [0, 0.05) is 69.6 Å². The highest BCUT2D eigenvalue weighted by molar-refractivity contribution is 6.09. The lowest BCUT2D eigenvalue weighted by Gasteiger charge is -2.14. The summed E-state index contributed by atoms with van der Waals surface area (Å²) in [6, 6.07) is 43.7. The number of benzene rings is 5. The molecular formula is C42H26N4O2. The van der Waals surface area contributed by atoms with Crippen LogP contribution in [-0.2, 0) is 0 Å². The summed E-state index contributed by atoms with van der Waals surface area (Å²) in [4.78, 5) is 8.74. The fraction of sp³-hybridized carbons (Fsp3) is 0.0238. The van der Waals surface area contributed by atoms with Crippen molar-refractivity contribution in [3.8, 4) is 67.8 Å². The molecule has 0 amide bonds. The van der Waals surface area contributed by atoms with Gasteiger partial charge in [0.05, 0.1) is 22.7 Å². The van der Waals surface area contributed by atoms with E-state index in [4.69, 9.17) is 9.47 Å². The molecular weight excluding hydrogens is 592 g/mol. The maximum atomic E-state index is 9.57. The molecule has 48 heavy (non-hydrogen) atoms. The monoisotopic (exact) mass is 618 g/mol. The predicted octanol–water partition coefficient (Wildman–Crippen LogP) is 9.84. The molecule has 0 unspecified atom stereocenters. The number of rotatable bonds is 4. The van der Waals surface area contributed by atoms with E-state index in [1.807, 2.05) is 60.9 Å². The van der Waals surface area contributed by atoms with Crippen LogP contribution in [0.5, 0.6) is 11.5 Å². The van der Waals surface area contributed by atoms with E-state index >= 15 is 0 Å². The van der Waals surface area contributed by atoms with Crippen LogP contribution in [0.4, 0.5) is 0 Å². The molecule has 6 nitrogen and oxygen atoms in total. The molecule has 0 bridgehead atoms. The van der Waals surface area contributed by atoms with Crippen molar-refractivity contribution < 1.29 is 9.47 Å². The summed E-state index contributed by atoms with van der Waals surface area (Å²) in [6.45, 7) is 0.100. The lowest BCUT2D eigenvalue weighted by atomic mass is 9.92. The molecule has 0 atom stereocenters. The van der Waals surface area contributed by atoms with Crippen molar-refractivity contribution >= 4 is 21.8 Å². The third-order valence-corrected chi connectivity index (χ3v) is 8.98. The number of ether oxygens (including phenoxy) is 2. The van der Waals surface area contributed by atoms with E-state index in [0.717, 1.165) is 83.5 Å². The Balaban J connectivity index is 1.18. The highest BCUT2D eigenvalue weighted by atomic mass is 16.7. The first-order chi connectivity index (χ1) is 23.7. The molecule has 0 fully saturated rings. The second-order valence-electron chi connectivity index (χ2n) is 11.8. The van der Waals surface area contributed by atoms with E-state index in [-0.39, 0.29) is 6.79 Å². The average Bonchev–Trinajstić information content (AvgIpc) is 3.37. The molecule has 8 aromatic rings. The largest absolute Gasteiger partial charge is 0.457 e. The number of hydrogen-bond donors (Lipinski definition) is 0. The quantitative estimate of drug-likeness (QED) is 0.196. The van der Waals surface area contributed by atoms with Gasteiger partial charge < -0.3 is 14.0 Å². The molecule has 3 aromatic heterocycles. The van der Waals surface area contributed by atoms with Crippen LogP contribution in [0, 0.1) is 11.3 Å². The first-order valence-electron chi connectivity index (χ1n) is 15.7. The van der Waals surface area contributed by atoms with Gasteiger partial charge in [0.2, 0.25) is 6.79 Å². The molecule has 4 heterocycles. The van der Waals surface area contributed by atoms with Crippen LogP contribution in [-0.4, -0.2) is 21.3 Å². The smallest absolute Gasteiger partial charge is 0.230 e. The molecule has 0 N–H and O–H groups in total. The van der Waals surface area contributed by atoms with E-state index in [1.165, 1.54) is 0 Å². The zero-order chi connectivity index (χ0) is 32.0. The van der Waals surface area contributed by atoms with E-state index < -0.39 is 0 Å². The SMILES string of the molecule is N#Cc1ccc2c(c1)c1ccccc1n2-c1ccc2c(c1)OCOc1ccc(-c3cc(-c4cccnc4)cc(-c4cccnc4)c3)cc1-2. The van der Waals surface area contributed by atoms with Gasteiger partial charge in [-0.15, -0.1) is 0 Å². The van der Waals surface area contributed by atoms with Gasteiger partial charge in [-0.05, 0) is 101 Å². The molecule has 0 saturated carbocycles. The first-order valence-corrected chi connectivity index (χ1v) is 15.7. The van der Waals surface area contributed by atoms with Gasteiger partial charge in [0.15, 0.2) is 0 Å². The van der Waals surface area contributed by atoms with Crippen molar-refractivity contribution in [2.75, 3.05) is 6.79 Å². The summed E-state index contributed by atoms with van der Waals surface area (Å²) >= 11 is 0. The van der Waals surface area contributed by atoms with Crippen LogP contribution >= 0.6 is 0 Å². The summed E-state index contributed by atoms with van der Waals surface area (Å²) in [5.41, 5.74) is 12.0. The van der Waals surface area contributed by atoms with Crippen LogP contribution in [0.3, 0.4) is 0 Å². The topological polar surface area (TPSA) is 73.0 Å². The molecule has 1 aliphatic heterocycles. The Morgan fingerprint density at radius 1 is 0.542 bits per heavy atom. The Morgan fingerprint density at radius 3 is 1.98 bits per heavy atom. The second kappa shape index (κ2) is 11.3. The lowest BCUT2D eigenvalue weighted by molar-refractivity contribution is 0.125. The molecule has 0 saturated heterocycles. The van der Waals surface area contributed by atoms with E-state index in [1.54, 1.807) is 12.4 Å². The normalized spacial score (nSPS) is 12.0. The zero-order valence-electron chi connectivity index (χ0n) is 25.7. The van der Waals surface area contributed by atoms with Crippen molar-refractivity contribution in [1.29, 1.82) is 5.26 Å². The number of nitriles is 1. The van der Waals surface area contributed by atoms with E-state index in [9.17, 15) is 5.26 Å². The molecule has 0 radical (unpaired) electrons. The van der Waals surface area contributed by atoms with Crippen molar-refractivity contribution in [3.05, 3.63) is 152 Å². The molecule has 0 aliphatic carbocycles. The fourth-order valence-corrected chi connectivity index (χ4v) is 6.71. The third kappa shape index (κ3) is 4.65. The Labute approximate surface area is 276 Å². The van der Waals surface area contributed by atoms with Gasteiger partial charge in [-0.1, -0.05) is 36.4 Å². The van der Waals surface area contributed by atoms with E-state index in [2.05, 4.69) is 93.4 Å². The number of para-hydroxylation sites is 1. The highest BCUT2D eigenvalue weighted by Crippen LogP contribution is 2.44. The van der Waals surface area contributed by atoms with Gasteiger partial charge in [0.1, 0.15) is 11.5 Å². The molecule has 0 spiro atoms. The molecule has 1 aliphatic rings. The number of aromatic nitrogens is 3. The summed E-state index contributed by atoms with van der Waals surface area (Å²) in [7, 11) is 0. The minimum absolute atomic E-state index is 0.100. The zero-order valence-corrected chi connectivity index (χ0v) is 25.7. The Kier molecular flexibility index (Phi) is 6.48. The average molecular weight is 619 g/mol. The van der Waals surface area contributed by atoms with Crippen LogP contribution in [0.15, 0.2) is 146 Å². The molecule has 5 aromatic carbocycles. The van der Waals surface area contributed by atoms with Gasteiger partial charge in [-0.3, -0.25) is 9.97 Å². The van der Waals surface area contributed by atoms with Crippen molar-refractivity contribution in [1.82, 2.24) is 14.5 Å². The molecule has 226 valence electrons. The standard InChI is InChI=1S/C42H26N4O2/c43-23-27-9-13-40-37(17-27)35-7-1-2-8-39(35)46(40)34-11-12-36-38-21-28(10-14-41(38)47-26-48-42(36)22-34)31-18-32(29-5-3-15-44-24-29)20-33(19-31)30-6-4-16-45-25-30/h1-22,24-25H,26H2. The van der Waals surface area contributed by atoms with Gasteiger partial charge in [-0.2, -0.15) is 5.26 Å². The van der Waals surface area contributed by atoms with Crippen molar-refractivity contribution in [2.45, 2.75) is 0 Å². The van der Waals surface area contributed by atoms with Crippen LogP contribution in [0.2, 0.25) is 0 Å². The maximum absolute atomic E-state index is 9.57. The second-order valence-corrected chi connectivity index (χ2v) is 11.8. The Hall–Kier alpha value is -6.71. The number of pyridine rings is 2. The number of fused-ring (bicyclic) bond motifs is 6. The summed E-state index contributed by atoms with van der Waals surface area (Å²) in [5, 5.41) is 11.7. The minimum atomic E-state index is 0.100. The third-order valence-electron chi connectivity index (χ3n) is 8.98. The van der Waals surface area contributed by atoms with Gasteiger partial charge in [0.25, 0.3) is 0 Å². The molecule has 9 rings (SSSR count). The highest BCUT2D eigenvalue weighted by Gasteiger charge is 2.20.